The Bertz CT molecular complexity index is 1100. The third-order valence-electron chi connectivity index (χ3n) is 5.50. The van der Waals surface area contributed by atoms with E-state index in [0.29, 0.717) is 18.1 Å². The van der Waals surface area contributed by atoms with Gasteiger partial charge in [0.1, 0.15) is 17.6 Å². The summed E-state index contributed by atoms with van der Waals surface area (Å²) in [5, 5.41) is 6.99. The summed E-state index contributed by atoms with van der Waals surface area (Å²) in [7, 11) is 0. The fraction of sp³-hybridized carbons (Fsp3) is 0.292. The molecule has 0 unspecified atom stereocenters. The third-order valence-corrected chi connectivity index (χ3v) is 5.85. The largest absolute Gasteiger partial charge is 0.464 e. The van der Waals surface area contributed by atoms with Crippen molar-refractivity contribution in [2.45, 2.75) is 39.3 Å². The van der Waals surface area contributed by atoms with E-state index in [1.165, 1.54) is 0 Å². The first-order chi connectivity index (χ1) is 14.9. The number of benzene rings is 1. The monoisotopic (exact) mass is 434 g/mol. The molecule has 160 valence electrons. The molecule has 3 aromatic rings. The summed E-state index contributed by atoms with van der Waals surface area (Å²) < 4.78 is 5.96. The van der Waals surface area contributed by atoms with Gasteiger partial charge in [-0.25, -0.2) is 0 Å². The molecule has 1 aliphatic heterocycles. The Morgan fingerprint density at radius 2 is 2.03 bits per heavy atom. The molecule has 7 heteroatoms. The van der Waals surface area contributed by atoms with Gasteiger partial charge in [-0.1, -0.05) is 18.2 Å². The van der Waals surface area contributed by atoms with Crippen LogP contribution < -0.4 is 10.6 Å². The van der Waals surface area contributed by atoms with Crippen LogP contribution in [-0.4, -0.2) is 27.4 Å². The van der Waals surface area contributed by atoms with E-state index in [1.54, 1.807) is 6.20 Å². The molecule has 1 saturated heterocycles. The van der Waals surface area contributed by atoms with Crippen LogP contribution in [0.4, 0.5) is 5.69 Å². The fourth-order valence-corrected chi connectivity index (χ4v) is 4.20. The number of amides is 1. The lowest BCUT2D eigenvalue weighted by Gasteiger charge is -2.25. The molecule has 1 fully saturated rings. The maximum absolute atomic E-state index is 12.7. The maximum atomic E-state index is 12.7. The van der Waals surface area contributed by atoms with Crippen molar-refractivity contribution in [3.63, 3.8) is 0 Å². The smallest absolute Gasteiger partial charge is 0.226 e. The van der Waals surface area contributed by atoms with Crippen LogP contribution in [0.25, 0.3) is 0 Å². The first-order valence-electron chi connectivity index (χ1n) is 10.3. The first kappa shape index (κ1) is 21.1. The van der Waals surface area contributed by atoms with Crippen LogP contribution in [0, 0.1) is 20.8 Å². The minimum Gasteiger partial charge on any atom is -0.464 e. The van der Waals surface area contributed by atoms with E-state index in [0.717, 1.165) is 34.0 Å². The second-order valence-electron chi connectivity index (χ2n) is 7.88. The molecule has 0 aliphatic carbocycles. The van der Waals surface area contributed by atoms with Crippen molar-refractivity contribution in [3.05, 3.63) is 83.1 Å². The molecule has 2 atom stereocenters. The Morgan fingerprint density at radius 1 is 1.19 bits per heavy atom. The predicted octanol–water partition coefficient (Wildman–Crippen LogP) is 4.60. The number of nitrogens with zero attached hydrogens (tertiary/aromatic N) is 2. The molecule has 2 aromatic heterocycles. The molecular weight excluding hydrogens is 408 g/mol. The van der Waals surface area contributed by atoms with Gasteiger partial charge in [-0.15, -0.1) is 0 Å². The summed E-state index contributed by atoms with van der Waals surface area (Å²) in [6.45, 7) is 6.39. The zero-order valence-electron chi connectivity index (χ0n) is 17.9. The molecule has 6 nitrogen and oxygen atoms in total. The Balaban J connectivity index is 1.52. The number of carbonyl (C=O) groups excluding carboxylic acids is 1. The molecule has 1 aromatic carbocycles. The minimum atomic E-state index is -0.176. The van der Waals surface area contributed by atoms with Gasteiger partial charge in [0.25, 0.3) is 0 Å². The SMILES string of the molecule is Cc1ccc(C)c(NC(=O)CCN2C(=S)N[C@H](c3ccccn3)[C@H]2c2ccc(C)o2)c1. The average molecular weight is 435 g/mol. The van der Waals surface area contributed by atoms with Crippen LogP contribution in [0.5, 0.6) is 0 Å². The average Bonchev–Trinajstić information content (AvgIpc) is 3.32. The lowest BCUT2D eigenvalue weighted by atomic mass is 10.0. The Hall–Kier alpha value is -3.19. The van der Waals surface area contributed by atoms with Crippen LogP contribution >= 0.6 is 12.2 Å². The third kappa shape index (κ3) is 4.61. The van der Waals surface area contributed by atoms with E-state index >= 15 is 0 Å². The van der Waals surface area contributed by atoms with Crippen molar-refractivity contribution in [2.24, 2.45) is 0 Å². The summed E-state index contributed by atoms with van der Waals surface area (Å²) >= 11 is 5.63. The molecule has 1 amide bonds. The van der Waals surface area contributed by atoms with Gasteiger partial charge in [-0.05, 0) is 74.4 Å². The van der Waals surface area contributed by atoms with Crippen LogP contribution in [0.1, 0.15) is 46.8 Å². The number of carbonyl (C=O) groups is 1. The van der Waals surface area contributed by atoms with Crippen molar-refractivity contribution in [2.75, 3.05) is 11.9 Å². The maximum Gasteiger partial charge on any atom is 0.226 e. The lowest BCUT2D eigenvalue weighted by molar-refractivity contribution is -0.116. The van der Waals surface area contributed by atoms with E-state index in [1.807, 2.05) is 74.2 Å². The van der Waals surface area contributed by atoms with Crippen molar-refractivity contribution in [3.8, 4) is 0 Å². The second-order valence-corrected chi connectivity index (χ2v) is 8.27. The number of hydrogen-bond acceptors (Lipinski definition) is 4. The first-order valence-corrected chi connectivity index (χ1v) is 10.7. The topological polar surface area (TPSA) is 70.4 Å². The number of furan rings is 1. The number of thiocarbonyl (C=S) groups is 1. The number of hydrogen-bond donors (Lipinski definition) is 2. The number of rotatable bonds is 6. The molecule has 1 aliphatic rings. The highest BCUT2D eigenvalue weighted by Crippen LogP contribution is 2.39. The molecule has 4 rings (SSSR count). The zero-order chi connectivity index (χ0) is 22.0. The highest BCUT2D eigenvalue weighted by Gasteiger charge is 2.41. The zero-order valence-corrected chi connectivity index (χ0v) is 18.7. The minimum absolute atomic E-state index is 0.0489. The molecule has 3 heterocycles. The second kappa shape index (κ2) is 8.89. The van der Waals surface area contributed by atoms with Gasteiger partial charge < -0.3 is 20.0 Å². The quantitative estimate of drug-likeness (QED) is 0.553. The van der Waals surface area contributed by atoms with E-state index in [4.69, 9.17) is 16.6 Å². The van der Waals surface area contributed by atoms with Gasteiger partial charge in [0.15, 0.2) is 5.11 Å². The van der Waals surface area contributed by atoms with Crippen molar-refractivity contribution in [1.29, 1.82) is 0 Å². The molecule has 0 radical (unpaired) electrons. The molecule has 0 bridgehead atoms. The summed E-state index contributed by atoms with van der Waals surface area (Å²) in [5.41, 5.74) is 3.87. The summed E-state index contributed by atoms with van der Waals surface area (Å²) in [6, 6.07) is 15.4. The van der Waals surface area contributed by atoms with Crippen LogP contribution in [0.15, 0.2) is 59.1 Å². The van der Waals surface area contributed by atoms with Gasteiger partial charge >= 0.3 is 0 Å². The molecular formula is C24H26N4O2S. The standard InChI is InChI=1S/C24H26N4O2S/c1-15-7-8-16(2)19(14-15)26-21(29)11-13-28-23(20-10-9-17(3)30-20)22(27-24(28)31)18-6-4-5-12-25-18/h4-10,12,14,22-23H,11,13H2,1-3H3,(H,26,29)(H,27,31)/t22-,23-/m1/s1. The summed E-state index contributed by atoms with van der Waals surface area (Å²) in [6.07, 6.45) is 2.07. The van der Waals surface area contributed by atoms with E-state index < -0.39 is 0 Å². The highest BCUT2D eigenvalue weighted by molar-refractivity contribution is 7.80. The number of pyridine rings is 1. The Labute approximate surface area is 187 Å². The molecule has 0 saturated carbocycles. The van der Waals surface area contributed by atoms with Gasteiger partial charge in [-0.2, -0.15) is 0 Å². The number of nitrogens with one attached hydrogen (secondary N) is 2. The van der Waals surface area contributed by atoms with Crippen molar-refractivity contribution in [1.82, 2.24) is 15.2 Å². The molecule has 0 spiro atoms. The summed E-state index contributed by atoms with van der Waals surface area (Å²) in [4.78, 5) is 19.2. The fourth-order valence-electron chi connectivity index (χ4n) is 3.87. The molecule has 2 N–H and O–H groups in total. The molecule has 31 heavy (non-hydrogen) atoms. The van der Waals surface area contributed by atoms with Crippen LogP contribution in [0.3, 0.4) is 0 Å². The van der Waals surface area contributed by atoms with Gasteiger partial charge in [-0.3, -0.25) is 9.78 Å². The van der Waals surface area contributed by atoms with Crippen LogP contribution in [0.2, 0.25) is 0 Å². The van der Waals surface area contributed by atoms with E-state index in [-0.39, 0.29) is 18.0 Å². The Morgan fingerprint density at radius 3 is 2.74 bits per heavy atom. The highest BCUT2D eigenvalue weighted by atomic mass is 32.1. The summed E-state index contributed by atoms with van der Waals surface area (Å²) in [5.74, 6) is 1.59. The Kier molecular flexibility index (Phi) is 6.04. The van der Waals surface area contributed by atoms with Gasteiger partial charge in [0.2, 0.25) is 5.91 Å². The van der Waals surface area contributed by atoms with E-state index in [2.05, 4.69) is 15.6 Å². The predicted molar refractivity (Wildman–Crippen MR) is 125 cm³/mol. The number of anilines is 1. The van der Waals surface area contributed by atoms with E-state index in [9.17, 15) is 4.79 Å². The van der Waals surface area contributed by atoms with Gasteiger partial charge in [0, 0.05) is 24.8 Å². The van der Waals surface area contributed by atoms with Crippen molar-refractivity contribution < 1.29 is 9.21 Å². The normalized spacial score (nSPS) is 18.2. The van der Waals surface area contributed by atoms with Gasteiger partial charge in [0.05, 0.1) is 11.7 Å². The number of aryl methyl sites for hydroxylation is 3. The van der Waals surface area contributed by atoms with Crippen molar-refractivity contribution >= 4 is 28.9 Å². The lowest BCUT2D eigenvalue weighted by Crippen LogP contribution is -2.32. The van der Waals surface area contributed by atoms with Crippen LogP contribution in [-0.2, 0) is 4.79 Å². The number of aromatic nitrogens is 1.